The predicted octanol–water partition coefficient (Wildman–Crippen LogP) is 3.13. The molecule has 4 amide bonds. The first-order chi connectivity index (χ1) is 14.9. The number of nitrogens with zero attached hydrogens (tertiary/aromatic N) is 2. The molecule has 0 aromatic carbocycles. The summed E-state index contributed by atoms with van der Waals surface area (Å²) in [6.07, 6.45) is 2.96. The van der Waals surface area contributed by atoms with E-state index >= 15 is 0 Å². The molecular weight excluding hydrogens is 436 g/mol. The van der Waals surface area contributed by atoms with E-state index in [2.05, 4.69) is 36.4 Å². The summed E-state index contributed by atoms with van der Waals surface area (Å²) >= 11 is 5.76. The Morgan fingerprint density at radius 1 is 1.31 bits per heavy atom. The molecule has 1 atom stereocenters. The highest BCUT2D eigenvalue weighted by atomic mass is 35.5. The summed E-state index contributed by atoms with van der Waals surface area (Å²) in [7, 11) is 0. The van der Waals surface area contributed by atoms with Gasteiger partial charge in [-0.25, -0.2) is 9.78 Å². The van der Waals surface area contributed by atoms with Crippen LogP contribution < -0.4 is 10.6 Å². The minimum atomic E-state index is -1.14. The lowest BCUT2D eigenvalue weighted by Crippen LogP contribution is -2.50. The fraction of sp³-hybridized carbons (Fsp3) is 0.591. The van der Waals surface area contributed by atoms with E-state index in [1.165, 1.54) is 19.2 Å². The zero-order valence-electron chi connectivity index (χ0n) is 18.7. The molecule has 1 aliphatic carbocycles. The molecule has 10 heteroatoms. The standard InChI is InChI=1S/C22H29ClN4O5/c1-13(18(29)25-16-6-5-15(23)11-24-16)32-17(28)12-27-19(30)22(26-20(27)31)9-7-14(8-10-22)21(2,3)4/h5-6,11,13-14H,7-10,12H2,1-4H3,(H,26,31)(H,24,25,29)/t13-,14?,22?/m0/s1. The van der Waals surface area contributed by atoms with E-state index in [0.29, 0.717) is 23.8 Å². The maximum atomic E-state index is 13.0. The lowest BCUT2D eigenvalue weighted by molar-refractivity contribution is -0.155. The van der Waals surface area contributed by atoms with Gasteiger partial charge in [-0.1, -0.05) is 32.4 Å². The lowest BCUT2D eigenvalue weighted by atomic mass is 9.67. The quantitative estimate of drug-likeness (QED) is 0.510. The second-order valence-electron chi connectivity index (χ2n) is 9.53. The number of amides is 4. The molecule has 1 saturated carbocycles. The van der Waals surface area contributed by atoms with Crippen LogP contribution in [0.4, 0.5) is 10.6 Å². The van der Waals surface area contributed by atoms with Crippen molar-refractivity contribution in [2.24, 2.45) is 11.3 Å². The number of ether oxygens (including phenoxy) is 1. The number of rotatable bonds is 5. The molecule has 1 aromatic rings. The Hall–Kier alpha value is -2.68. The average molecular weight is 465 g/mol. The first-order valence-electron chi connectivity index (χ1n) is 10.7. The Balaban J connectivity index is 1.54. The number of halogens is 1. The van der Waals surface area contributed by atoms with Crippen LogP contribution in [0, 0.1) is 11.3 Å². The van der Waals surface area contributed by atoms with Crippen molar-refractivity contribution in [3.8, 4) is 0 Å². The molecule has 2 N–H and O–H groups in total. The molecule has 2 heterocycles. The van der Waals surface area contributed by atoms with Crippen LogP contribution in [0.2, 0.25) is 5.02 Å². The number of hydrogen-bond donors (Lipinski definition) is 2. The van der Waals surface area contributed by atoms with Gasteiger partial charge in [0.2, 0.25) is 0 Å². The van der Waals surface area contributed by atoms with Crippen molar-refractivity contribution < 1.29 is 23.9 Å². The summed E-state index contributed by atoms with van der Waals surface area (Å²) in [5, 5.41) is 5.71. The van der Waals surface area contributed by atoms with Crippen LogP contribution in [0.1, 0.15) is 53.4 Å². The lowest BCUT2D eigenvalue weighted by Gasteiger charge is -2.40. The number of aromatic nitrogens is 1. The van der Waals surface area contributed by atoms with Gasteiger partial charge < -0.3 is 15.4 Å². The Labute approximate surface area is 192 Å². The van der Waals surface area contributed by atoms with Gasteiger partial charge in [0.05, 0.1) is 5.02 Å². The van der Waals surface area contributed by atoms with E-state index < -0.39 is 42.0 Å². The molecule has 9 nitrogen and oxygen atoms in total. The predicted molar refractivity (Wildman–Crippen MR) is 118 cm³/mol. The maximum absolute atomic E-state index is 13.0. The smallest absolute Gasteiger partial charge is 0.327 e. The van der Waals surface area contributed by atoms with Crippen LogP contribution >= 0.6 is 11.6 Å². The second kappa shape index (κ2) is 9.05. The molecule has 2 fully saturated rings. The molecular formula is C22H29ClN4O5. The van der Waals surface area contributed by atoms with Crippen LogP contribution in [0.5, 0.6) is 0 Å². The average Bonchev–Trinajstić information content (AvgIpc) is 2.93. The highest BCUT2D eigenvalue weighted by Gasteiger charge is 2.53. The van der Waals surface area contributed by atoms with Crippen molar-refractivity contribution >= 4 is 41.2 Å². The number of pyridine rings is 1. The molecule has 0 bridgehead atoms. The Kier molecular flexibility index (Phi) is 6.78. The molecule has 1 aromatic heterocycles. The van der Waals surface area contributed by atoms with Gasteiger partial charge in [0.1, 0.15) is 17.9 Å². The fourth-order valence-electron chi connectivity index (χ4n) is 4.23. The van der Waals surface area contributed by atoms with Gasteiger partial charge in [0.15, 0.2) is 6.10 Å². The van der Waals surface area contributed by atoms with E-state index in [9.17, 15) is 19.2 Å². The highest BCUT2D eigenvalue weighted by Crippen LogP contribution is 2.43. The summed E-state index contributed by atoms with van der Waals surface area (Å²) in [5.74, 6) is -1.13. The molecule has 0 radical (unpaired) electrons. The summed E-state index contributed by atoms with van der Waals surface area (Å²) in [6.45, 7) is 7.37. The number of imide groups is 1. The van der Waals surface area contributed by atoms with Crippen LogP contribution in [-0.2, 0) is 19.1 Å². The van der Waals surface area contributed by atoms with Gasteiger partial charge in [-0.05, 0) is 56.1 Å². The van der Waals surface area contributed by atoms with Gasteiger partial charge in [0.25, 0.3) is 11.8 Å². The van der Waals surface area contributed by atoms with Crippen molar-refractivity contribution in [3.05, 3.63) is 23.4 Å². The number of urea groups is 1. The van der Waals surface area contributed by atoms with E-state index in [-0.39, 0.29) is 11.2 Å². The first-order valence-corrected chi connectivity index (χ1v) is 11.0. The van der Waals surface area contributed by atoms with Gasteiger partial charge in [0, 0.05) is 6.20 Å². The van der Waals surface area contributed by atoms with Gasteiger partial charge in [-0.3, -0.25) is 19.3 Å². The number of anilines is 1. The van der Waals surface area contributed by atoms with E-state index in [1.807, 2.05) is 0 Å². The van der Waals surface area contributed by atoms with Gasteiger partial charge in [-0.15, -0.1) is 0 Å². The normalized spacial score (nSPS) is 24.3. The Morgan fingerprint density at radius 3 is 2.53 bits per heavy atom. The molecule has 3 rings (SSSR count). The second-order valence-corrected chi connectivity index (χ2v) is 9.96. The first kappa shape index (κ1) is 24.0. The SMILES string of the molecule is C[C@H](OC(=O)CN1C(=O)NC2(CCC(C(C)(C)C)CC2)C1=O)C(=O)Nc1ccc(Cl)cn1. The largest absolute Gasteiger partial charge is 0.451 e. The summed E-state index contributed by atoms with van der Waals surface area (Å²) in [6, 6.07) is 2.46. The minimum Gasteiger partial charge on any atom is -0.451 e. The molecule has 32 heavy (non-hydrogen) atoms. The minimum absolute atomic E-state index is 0.134. The third kappa shape index (κ3) is 5.20. The zero-order valence-corrected chi connectivity index (χ0v) is 19.5. The van der Waals surface area contributed by atoms with Crippen LogP contribution in [0.3, 0.4) is 0 Å². The van der Waals surface area contributed by atoms with Crippen LogP contribution in [0.25, 0.3) is 0 Å². The van der Waals surface area contributed by atoms with E-state index in [0.717, 1.165) is 17.7 Å². The van der Waals surface area contributed by atoms with E-state index in [4.69, 9.17) is 16.3 Å². The fourth-order valence-corrected chi connectivity index (χ4v) is 4.34. The zero-order chi connectivity index (χ0) is 23.7. The van der Waals surface area contributed by atoms with E-state index in [1.54, 1.807) is 6.07 Å². The summed E-state index contributed by atoms with van der Waals surface area (Å²) in [5.41, 5.74) is -0.822. The molecule has 1 saturated heterocycles. The topological polar surface area (TPSA) is 118 Å². The van der Waals surface area contributed by atoms with Crippen molar-refractivity contribution in [1.82, 2.24) is 15.2 Å². The van der Waals surface area contributed by atoms with Crippen LogP contribution in [-0.4, -0.2) is 51.9 Å². The number of nitrogens with one attached hydrogen (secondary N) is 2. The monoisotopic (exact) mass is 464 g/mol. The van der Waals surface area contributed by atoms with Crippen molar-refractivity contribution in [2.75, 3.05) is 11.9 Å². The Bertz CT molecular complexity index is 904. The third-order valence-corrected chi connectivity index (χ3v) is 6.48. The van der Waals surface area contributed by atoms with Crippen molar-refractivity contribution in [2.45, 2.75) is 65.0 Å². The number of carbonyl (C=O) groups is 4. The molecule has 1 aliphatic heterocycles. The van der Waals surface area contributed by atoms with Gasteiger partial charge >= 0.3 is 12.0 Å². The van der Waals surface area contributed by atoms with Crippen molar-refractivity contribution in [3.63, 3.8) is 0 Å². The Morgan fingerprint density at radius 2 is 1.97 bits per heavy atom. The summed E-state index contributed by atoms with van der Waals surface area (Å²) < 4.78 is 5.13. The highest BCUT2D eigenvalue weighted by molar-refractivity contribution is 6.30. The molecule has 0 unspecified atom stereocenters. The van der Waals surface area contributed by atoms with Crippen molar-refractivity contribution in [1.29, 1.82) is 0 Å². The third-order valence-electron chi connectivity index (χ3n) is 6.25. The molecule has 2 aliphatic rings. The molecule has 1 spiro atoms. The molecule has 174 valence electrons. The number of hydrogen-bond acceptors (Lipinski definition) is 6. The van der Waals surface area contributed by atoms with Crippen LogP contribution in [0.15, 0.2) is 18.3 Å². The maximum Gasteiger partial charge on any atom is 0.327 e. The summed E-state index contributed by atoms with van der Waals surface area (Å²) in [4.78, 5) is 54.9. The van der Waals surface area contributed by atoms with Gasteiger partial charge in [-0.2, -0.15) is 0 Å². The number of carbonyl (C=O) groups excluding carboxylic acids is 4. The number of esters is 1.